The van der Waals surface area contributed by atoms with Gasteiger partial charge in [-0.1, -0.05) is 54.6 Å². The molecule has 3 aromatic carbocycles. The van der Waals surface area contributed by atoms with Gasteiger partial charge in [0.05, 0.1) is 7.92 Å². The van der Waals surface area contributed by atoms with Crippen molar-refractivity contribution in [2.75, 3.05) is 13.2 Å². The molecule has 0 fully saturated rings. The van der Waals surface area contributed by atoms with E-state index < -0.39 is 35.9 Å². The molecule has 0 radical (unpaired) electrons. The Hall–Kier alpha value is -2.25. The second-order valence-electron chi connectivity index (χ2n) is 6.96. The van der Waals surface area contributed by atoms with Crippen LogP contribution in [0.5, 0.6) is 0 Å². The van der Waals surface area contributed by atoms with Crippen LogP contribution in [0.3, 0.4) is 0 Å². The highest BCUT2D eigenvalue weighted by atomic mass is 32.2. The standard InChI is InChI=1S/C18H15P.C6H11F3O4S/c1-4-10-16(11-5-1)19(17-12-6-2-7-13-17)18-14-8-3-9-15-18;1-2-13-4-3-5(7)6(8,9)14(10,11)12/h1-15H;5H,2-4H2,1H3,(H,10,11,12)/p+1. The van der Waals surface area contributed by atoms with Gasteiger partial charge < -0.3 is 4.74 Å². The van der Waals surface area contributed by atoms with Gasteiger partial charge in [-0.25, -0.2) is 4.39 Å². The lowest BCUT2D eigenvalue weighted by Crippen LogP contribution is -2.39. The molecular weight excluding hydrogens is 472 g/mol. The molecule has 0 saturated heterocycles. The van der Waals surface area contributed by atoms with Crippen molar-refractivity contribution in [3.63, 3.8) is 0 Å². The van der Waals surface area contributed by atoms with Gasteiger partial charge in [-0.3, -0.25) is 4.55 Å². The Balaban J connectivity index is 0.000000248. The van der Waals surface area contributed by atoms with E-state index in [1.807, 2.05) is 0 Å². The van der Waals surface area contributed by atoms with Gasteiger partial charge in [-0.2, -0.15) is 17.2 Å². The van der Waals surface area contributed by atoms with Crippen molar-refractivity contribution in [2.45, 2.75) is 24.8 Å². The van der Waals surface area contributed by atoms with Crippen molar-refractivity contribution in [3.8, 4) is 0 Å². The van der Waals surface area contributed by atoms with E-state index >= 15 is 0 Å². The summed E-state index contributed by atoms with van der Waals surface area (Å²) in [7, 11) is -6.58. The van der Waals surface area contributed by atoms with Crippen LogP contribution in [0, 0.1) is 0 Å². The van der Waals surface area contributed by atoms with Crippen molar-refractivity contribution in [3.05, 3.63) is 91.0 Å². The first-order valence-corrected chi connectivity index (χ1v) is 13.2. The average molecular weight is 500 g/mol. The number of benzene rings is 3. The first kappa shape index (κ1) is 27.0. The van der Waals surface area contributed by atoms with E-state index in [1.54, 1.807) is 6.92 Å². The third kappa shape index (κ3) is 7.93. The van der Waals surface area contributed by atoms with Crippen LogP contribution < -0.4 is 15.9 Å². The van der Waals surface area contributed by atoms with Gasteiger partial charge in [-0.15, -0.1) is 0 Å². The molecule has 3 aromatic rings. The number of rotatable bonds is 9. The minimum atomic E-state index is -5.70. The Morgan fingerprint density at radius 1 is 0.848 bits per heavy atom. The number of hydrogen-bond acceptors (Lipinski definition) is 3. The number of alkyl halides is 3. The van der Waals surface area contributed by atoms with Gasteiger partial charge in [0.25, 0.3) is 0 Å². The molecule has 0 bridgehead atoms. The van der Waals surface area contributed by atoms with Crippen molar-refractivity contribution < 1.29 is 30.9 Å². The quantitative estimate of drug-likeness (QED) is 0.269. The van der Waals surface area contributed by atoms with E-state index in [9.17, 15) is 21.6 Å². The SMILES string of the molecule is CCOCCC(F)C(F)(F)S(=O)(=O)O.c1ccc([PH+](c2ccccc2)c2ccccc2)cc1. The summed E-state index contributed by atoms with van der Waals surface area (Å²) in [5, 5.41) is -0.468. The normalized spacial score (nSPS) is 12.7. The minimum Gasteiger partial charge on any atom is -0.382 e. The van der Waals surface area contributed by atoms with Crippen LogP contribution in [0.2, 0.25) is 0 Å². The maximum Gasteiger partial charge on any atom is 0.400 e. The molecule has 0 heterocycles. The molecule has 1 unspecified atom stereocenters. The van der Waals surface area contributed by atoms with Crippen molar-refractivity contribution in [1.29, 1.82) is 0 Å². The third-order valence-corrected chi connectivity index (χ3v) is 8.29. The molecule has 0 aliphatic carbocycles. The molecule has 3 rings (SSSR count). The lowest BCUT2D eigenvalue weighted by molar-refractivity contribution is -0.0181. The number of ether oxygens (including phenoxy) is 1. The highest BCUT2D eigenvalue weighted by Gasteiger charge is 2.52. The maximum absolute atomic E-state index is 12.6. The molecule has 0 saturated carbocycles. The second-order valence-corrected chi connectivity index (χ2v) is 10.9. The average Bonchev–Trinajstić information content (AvgIpc) is 2.81. The first-order chi connectivity index (χ1) is 15.7. The maximum atomic E-state index is 12.6. The molecule has 4 nitrogen and oxygen atoms in total. The fourth-order valence-corrected chi connectivity index (χ4v) is 5.99. The third-order valence-electron chi connectivity index (χ3n) is 4.62. The summed E-state index contributed by atoms with van der Waals surface area (Å²) >= 11 is 0. The summed E-state index contributed by atoms with van der Waals surface area (Å²) in [4.78, 5) is 0. The van der Waals surface area contributed by atoms with Gasteiger partial charge in [0.2, 0.25) is 0 Å². The molecule has 1 N–H and O–H groups in total. The number of halogens is 3. The van der Waals surface area contributed by atoms with Crippen LogP contribution in [0.1, 0.15) is 13.3 Å². The number of hydrogen-bond donors (Lipinski definition) is 1. The topological polar surface area (TPSA) is 63.6 Å². The van der Waals surface area contributed by atoms with Crippen LogP contribution >= 0.6 is 7.92 Å². The summed E-state index contributed by atoms with van der Waals surface area (Å²) in [6.45, 7) is 1.46. The van der Waals surface area contributed by atoms with E-state index in [4.69, 9.17) is 4.55 Å². The lowest BCUT2D eigenvalue weighted by atomic mass is 10.3. The molecule has 178 valence electrons. The van der Waals surface area contributed by atoms with Gasteiger partial charge in [0, 0.05) is 19.6 Å². The molecule has 0 aliphatic rings. The summed E-state index contributed by atoms with van der Waals surface area (Å²) in [5.74, 6) is 0. The highest BCUT2D eigenvalue weighted by molar-refractivity contribution is 7.86. The fourth-order valence-electron chi connectivity index (χ4n) is 2.98. The van der Waals surface area contributed by atoms with Gasteiger partial charge in [0.15, 0.2) is 6.17 Å². The molecule has 0 aliphatic heterocycles. The van der Waals surface area contributed by atoms with Gasteiger partial charge in [0.1, 0.15) is 15.9 Å². The van der Waals surface area contributed by atoms with E-state index in [0.717, 1.165) is 0 Å². The lowest BCUT2D eigenvalue weighted by Gasteiger charge is -2.16. The minimum absolute atomic E-state index is 0.212. The van der Waals surface area contributed by atoms with E-state index in [-0.39, 0.29) is 13.2 Å². The summed E-state index contributed by atoms with van der Waals surface area (Å²) in [5.41, 5.74) is 0. The van der Waals surface area contributed by atoms with Crippen LogP contribution in [-0.4, -0.2) is 37.6 Å². The highest BCUT2D eigenvalue weighted by Crippen LogP contribution is 2.32. The Labute approximate surface area is 193 Å². The molecular formula is C24H27F3O4PS+. The Morgan fingerprint density at radius 3 is 1.52 bits per heavy atom. The van der Waals surface area contributed by atoms with Crippen LogP contribution in [0.25, 0.3) is 0 Å². The van der Waals surface area contributed by atoms with E-state index in [0.29, 0.717) is 0 Å². The predicted octanol–water partition coefficient (Wildman–Crippen LogP) is 4.41. The summed E-state index contributed by atoms with van der Waals surface area (Å²) < 4.78 is 70.3. The van der Waals surface area contributed by atoms with Crippen LogP contribution in [0.15, 0.2) is 91.0 Å². The van der Waals surface area contributed by atoms with Crippen molar-refractivity contribution in [1.82, 2.24) is 0 Å². The van der Waals surface area contributed by atoms with Crippen molar-refractivity contribution >= 4 is 34.0 Å². The molecule has 9 heteroatoms. The fraction of sp³-hybridized carbons (Fsp3) is 0.250. The smallest absolute Gasteiger partial charge is 0.382 e. The first-order valence-electron chi connectivity index (χ1n) is 10.3. The van der Waals surface area contributed by atoms with Gasteiger partial charge >= 0.3 is 15.4 Å². The Kier molecular flexibility index (Phi) is 10.5. The largest absolute Gasteiger partial charge is 0.400 e. The molecule has 0 amide bonds. The molecule has 0 aromatic heterocycles. The zero-order chi connectivity index (χ0) is 24.3. The summed E-state index contributed by atoms with van der Waals surface area (Å²) in [6.07, 6.45) is -3.76. The monoisotopic (exact) mass is 499 g/mol. The molecule has 1 atom stereocenters. The zero-order valence-corrected chi connectivity index (χ0v) is 19.9. The summed E-state index contributed by atoms with van der Waals surface area (Å²) in [6, 6.07) is 32.5. The Bertz CT molecular complexity index is 959. The van der Waals surface area contributed by atoms with Crippen molar-refractivity contribution in [2.24, 2.45) is 0 Å². The second kappa shape index (κ2) is 12.8. The predicted molar refractivity (Wildman–Crippen MR) is 129 cm³/mol. The molecule has 33 heavy (non-hydrogen) atoms. The van der Waals surface area contributed by atoms with Crippen LogP contribution in [-0.2, 0) is 14.9 Å². The van der Waals surface area contributed by atoms with E-state index in [2.05, 4.69) is 95.7 Å². The molecule has 0 spiro atoms. The zero-order valence-electron chi connectivity index (χ0n) is 18.1. The van der Waals surface area contributed by atoms with E-state index in [1.165, 1.54) is 15.9 Å². The van der Waals surface area contributed by atoms with Crippen LogP contribution in [0.4, 0.5) is 13.2 Å². The Morgan fingerprint density at radius 2 is 1.21 bits per heavy atom. The van der Waals surface area contributed by atoms with Gasteiger partial charge in [-0.05, 0) is 43.3 Å².